The molecule has 0 bridgehead atoms. The number of amides is 1. The molecule has 0 spiro atoms. The van der Waals surface area contributed by atoms with E-state index in [0.717, 1.165) is 11.1 Å². The number of ether oxygens (including phenoxy) is 2. The number of rotatable bonds is 6. The summed E-state index contributed by atoms with van der Waals surface area (Å²) in [5, 5.41) is 2.65. The van der Waals surface area contributed by atoms with Gasteiger partial charge >= 0.3 is 12.1 Å². The highest BCUT2D eigenvalue weighted by Gasteiger charge is 2.14. The van der Waals surface area contributed by atoms with Gasteiger partial charge in [0, 0.05) is 6.54 Å². The summed E-state index contributed by atoms with van der Waals surface area (Å²) in [5.41, 5.74) is 1.40. The Bertz CT molecular complexity index is 541. The Labute approximate surface area is 137 Å². The van der Waals surface area contributed by atoms with Crippen molar-refractivity contribution in [2.24, 2.45) is 0 Å². The fourth-order valence-corrected chi connectivity index (χ4v) is 1.78. The van der Waals surface area contributed by atoms with E-state index in [1.807, 2.05) is 57.2 Å². The van der Waals surface area contributed by atoms with Gasteiger partial charge in [0.2, 0.25) is 0 Å². The lowest BCUT2D eigenvalue weighted by atomic mass is 10.1. The number of hydrogen-bond donors (Lipinski definition) is 1. The molecule has 0 aliphatic rings. The molecule has 0 aromatic heterocycles. The molecule has 0 saturated heterocycles. The highest BCUT2D eigenvalue weighted by molar-refractivity contribution is 5.72. The van der Waals surface area contributed by atoms with Crippen molar-refractivity contribution in [3.8, 4) is 0 Å². The predicted molar refractivity (Wildman–Crippen MR) is 90.0 cm³/mol. The standard InChI is InChI=1S/C18H25NO4/c1-5-22-16(20)13-15-10-8-14(9-11-15)7-6-12-19-17(21)23-18(2,3)4/h6-11H,5,12-13H2,1-4H3,(H,19,21). The molecular weight excluding hydrogens is 294 g/mol. The molecule has 0 aliphatic carbocycles. The van der Waals surface area contributed by atoms with Crippen LogP contribution in [0.1, 0.15) is 38.8 Å². The van der Waals surface area contributed by atoms with Gasteiger partial charge in [-0.2, -0.15) is 0 Å². The van der Waals surface area contributed by atoms with Gasteiger partial charge in [0.05, 0.1) is 13.0 Å². The maximum Gasteiger partial charge on any atom is 0.407 e. The van der Waals surface area contributed by atoms with Crippen molar-refractivity contribution >= 4 is 18.1 Å². The fourth-order valence-electron chi connectivity index (χ4n) is 1.78. The molecule has 0 radical (unpaired) electrons. The molecule has 1 amide bonds. The third-order valence-electron chi connectivity index (χ3n) is 2.71. The van der Waals surface area contributed by atoms with Gasteiger partial charge in [0.15, 0.2) is 0 Å². The molecule has 0 fully saturated rings. The predicted octanol–water partition coefficient (Wildman–Crippen LogP) is 3.33. The Morgan fingerprint density at radius 2 is 1.83 bits per heavy atom. The largest absolute Gasteiger partial charge is 0.466 e. The quantitative estimate of drug-likeness (QED) is 0.817. The summed E-state index contributed by atoms with van der Waals surface area (Å²) in [6.07, 6.45) is 3.57. The van der Waals surface area contributed by atoms with Gasteiger partial charge < -0.3 is 14.8 Å². The Hall–Kier alpha value is -2.30. The number of carbonyl (C=O) groups is 2. The van der Waals surface area contributed by atoms with Crippen LogP contribution in [0.25, 0.3) is 6.08 Å². The van der Waals surface area contributed by atoms with Crippen molar-refractivity contribution in [2.75, 3.05) is 13.2 Å². The van der Waals surface area contributed by atoms with Gasteiger partial charge in [-0.15, -0.1) is 0 Å². The van der Waals surface area contributed by atoms with Crippen LogP contribution < -0.4 is 5.32 Å². The summed E-state index contributed by atoms with van der Waals surface area (Å²) in [5.74, 6) is -0.225. The first-order valence-electron chi connectivity index (χ1n) is 7.68. The van der Waals surface area contributed by atoms with Crippen LogP contribution in [0.15, 0.2) is 30.3 Å². The number of alkyl carbamates (subject to hydrolysis) is 1. The maximum atomic E-state index is 11.5. The molecule has 1 aromatic carbocycles. The second-order valence-corrected chi connectivity index (χ2v) is 6.01. The highest BCUT2D eigenvalue weighted by Crippen LogP contribution is 2.08. The van der Waals surface area contributed by atoms with Crippen molar-refractivity contribution < 1.29 is 19.1 Å². The minimum Gasteiger partial charge on any atom is -0.466 e. The van der Waals surface area contributed by atoms with Crippen molar-refractivity contribution in [3.05, 3.63) is 41.5 Å². The number of benzene rings is 1. The van der Waals surface area contributed by atoms with Crippen LogP contribution in [0.4, 0.5) is 4.79 Å². The minimum absolute atomic E-state index is 0.225. The molecule has 126 valence electrons. The molecule has 5 nitrogen and oxygen atoms in total. The van der Waals surface area contributed by atoms with Crippen LogP contribution >= 0.6 is 0 Å². The molecule has 5 heteroatoms. The van der Waals surface area contributed by atoms with Gasteiger partial charge in [-0.25, -0.2) is 4.79 Å². The molecule has 1 N–H and O–H groups in total. The second kappa shape index (κ2) is 8.98. The Morgan fingerprint density at radius 3 is 2.39 bits per heavy atom. The molecular formula is C18H25NO4. The van der Waals surface area contributed by atoms with E-state index in [4.69, 9.17) is 9.47 Å². The van der Waals surface area contributed by atoms with Gasteiger partial charge in [0.25, 0.3) is 0 Å². The van der Waals surface area contributed by atoms with Gasteiger partial charge in [-0.1, -0.05) is 36.4 Å². The van der Waals surface area contributed by atoms with E-state index in [1.54, 1.807) is 6.92 Å². The SMILES string of the molecule is CCOC(=O)Cc1ccc(C=CCNC(=O)OC(C)(C)C)cc1. The number of hydrogen-bond acceptors (Lipinski definition) is 4. The monoisotopic (exact) mass is 319 g/mol. The van der Waals surface area contributed by atoms with E-state index < -0.39 is 11.7 Å². The van der Waals surface area contributed by atoms with Crippen LogP contribution in [-0.2, 0) is 20.7 Å². The van der Waals surface area contributed by atoms with Crippen molar-refractivity contribution in [2.45, 2.75) is 39.7 Å². The average molecular weight is 319 g/mol. The lowest BCUT2D eigenvalue weighted by Gasteiger charge is -2.19. The van der Waals surface area contributed by atoms with E-state index in [1.165, 1.54) is 0 Å². The molecule has 0 heterocycles. The molecule has 0 aliphatic heterocycles. The smallest absolute Gasteiger partial charge is 0.407 e. The van der Waals surface area contributed by atoms with Gasteiger partial charge in [-0.05, 0) is 38.8 Å². The Morgan fingerprint density at radius 1 is 1.17 bits per heavy atom. The summed E-state index contributed by atoms with van der Waals surface area (Å²) in [6, 6.07) is 7.60. The van der Waals surface area contributed by atoms with E-state index in [0.29, 0.717) is 13.2 Å². The number of nitrogens with one attached hydrogen (secondary N) is 1. The minimum atomic E-state index is -0.497. The third kappa shape index (κ3) is 8.66. The van der Waals surface area contributed by atoms with Crippen LogP contribution in [-0.4, -0.2) is 30.8 Å². The van der Waals surface area contributed by atoms with Crippen molar-refractivity contribution in [1.82, 2.24) is 5.32 Å². The van der Waals surface area contributed by atoms with Gasteiger partial charge in [-0.3, -0.25) is 4.79 Å². The molecule has 1 rings (SSSR count). The summed E-state index contributed by atoms with van der Waals surface area (Å²) >= 11 is 0. The first kappa shape index (κ1) is 18.7. The van der Waals surface area contributed by atoms with Crippen LogP contribution in [0, 0.1) is 0 Å². The molecule has 0 unspecified atom stereocenters. The number of esters is 1. The van der Waals surface area contributed by atoms with E-state index in [-0.39, 0.29) is 12.4 Å². The van der Waals surface area contributed by atoms with Crippen molar-refractivity contribution in [3.63, 3.8) is 0 Å². The van der Waals surface area contributed by atoms with E-state index in [9.17, 15) is 9.59 Å². The lowest BCUT2D eigenvalue weighted by molar-refractivity contribution is -0.142. The number of carbonyl (C=O) groups excluding carboxylic acids is 2. The summed E-state index contributed by atoms with van der Waals surface area (Å²) in [4.78, 5) is 22.8. The average Bonchev–Trinajstić information content (AvgIpc) is 2.43. The van der Waals surface area contributed by atoms with Crippen LogP contribution in [0.3, 0.4) is 0 Å². The zero-order chi connectivity index (χ0) is 17.3. The van der Waals surface area contributed by atoms with E-state index in [2.05, 4.69) is 5.32 Å². The first-order valence-corrected chi connectivity index (χ1v) is 7.68. The molecule has 0 saturated carbocycles. The summed E-state index contributed by atoms with van der Waals surface area (Å²) < 4.78 is 10.0. The Balaban J connectivity index is 2.40. The van der Waals surface area contributed by atoms with Crippen LogP contribution in [0.5, 0.6) is 0 Å². The molecule has 1 aromatic rings. The maximum absolute atomic E-state index is 11.5. The van der Waals surface area contributed by atoms with E-state index >= 15 is 0 Å². The second-order valence-electron chi connectivity index (χ2n) is 6.01. The van der Waals surface area contributed by atoms with Crippen LogP contribution in [0.2, 0.25) is 0 Å². The fraction of sp³-hybridized carbons (Fsp3) is 0.444. The molecule has 23 heavy (non-hydrogen) atoms. The van der Waals surface area contributed by atoms with Gasteiger partial charge in [0.1, 0.15) is 5.60 Å². The first-order chi connectivity index (χ1) is 10.8. The lowest BCUT2D eigenvalue weighted by Crippen LogP contribution is -2.32. The Kier molecular flexibility index (Phi) is 7.32. The summed E-state index contributed by atoms with van der Waals surface area (Å²) in [7, 11) is 0. The normalized spacial score (nSPS) is 11.3. The highest BCUT2D eigenvalue weighted by atomic mass is 16.6. The molecule has 0 atom stereocenters. The summed E-state index contributed by atoms with van der Waals surface area (Å²) in [6.45, 7) is 8.03. The third-order valence-corrected chi connectivity index (χ3v) is 2.71. The zero-order valence-electron chi connectivity index (χ0n) is 14.2. The topological polar surface area (TPSA) is 64.6 Å². The van der Waals surface area contributed by atoms with Crippen molar-refractivity contribution in [1.29, 1.82) is 0 Å². The zero-order valence-corrected chi connectivity index (χ0v) is 14.2.